The number of nitrogens with two attached hydrogens (primary N) is 1. The van der Waals surface area contributed by atoms with Gasteiger partial charge in [-0.15, -0.1) is 0 Å². The van der Waals surface area contributed by atoms with Gasteiger partial charge in [-0.25, -0.2) is 4.79 Å². The smallest absolute Gasteiger partial charge is 0.312 e. The fourth-order valence-electron chi connectivity index (χ4n) is 0.951. The fraction of sp³-hybridized carbons (Fsp3) is 0.750. The van der Waals surface area contributed by atoms with Crippen LogP contribution in [0, 0.1) is 0 Å². The van der Waals surface area contributed by atoms with Crippen molar-refractivity contribution in [1.29, 1.82) is 0 Å². The number of nitrogens with one attached hydrogen (secondary N) is 1. The molecule has 0 aromatic heterocycles. The first kappa shape index (κ1) is 11.7. The molecule has 0 aliphatic rings. The Balaban J connectivity index is 4.00. The molecule has 0 unspecified atom stereocenters. The van der Waals surface area contributed by atoms with Crippen molar-refractivity contribution < 1.29 is 14.3 Å². The molecule has 0 atom stereocenters. The van der Waals surface area contributed by atoms with Crippen LogP contribution < -0.4 is 11.1 Å². The number of hydrogen-bond acceptors (Lipinski definition) is 3. The number of hydrogen-bond donors (Lipinski definition) is 2. The predicted octanol–water partition coefficient (Wildman–Crippen LogP) is 0.387. The normalized spacial score (nSPS) is 10.7. The van der Waals surface area contributed by atoms with Crippen LogP contribution >= 0.6 is 0 Å². The van der Waals surface area contributed by atoms with Gasteiger partial charge in [0.25, 0.3) is 0 Å². The van der Waals surface area contributed by atoms with Crippen molar-refractivity contribution >= 4 is 12.0 Å². The number of primary amides is 1. The Labute approximate surface area is 77.6 Å². The van der Waals surface area contributed by atoms with Gasteiger partial charge in [-0.05, 0) is 20.8 Å². The summed E-state index contributed by atoms with van der Waals surface area (Å²) in [4.78, 5) is 21.5. The van der Waals surface area contributed by atoms with Crippen molar-refractivity contribution in [3.63, 3.8) is 0 Å². The van der Waals surface area contributed by atoms with E-state index in [1.165, 1.54) is 0 Å². The van der Waals surface area contributed by atoms with Gasteiger partial charge in [0.05, 0.1) is 13.0 Å². The number of urea groups is 1. The van der Waals surface area contributed by atoms with E-state index in [0.717, 1.165) is 0 Å². The maximum Gasteiger partial charge on any atom is 0.312 e. The van der Waals surface area contributed by atoms with Crippen LogP contribution in [0.5, 0.6) is 0 Å². The highest BCUT2D eigenvalue weighted by atomic mass is 16.5. The van der Waals surface area contributed by atoms with E-state index in [1.54, 1.807) is 20.8 Å². The number of ether oxygens (including phenoxy) is 1. The minimum atomic E-state index is -0.655. The molecule has 0 heterocycles. The maximum absolute atomic E-state index is 11.0. The van der Waals surface area contributed by atoms with Crippen molar-refractivity contribution in [1.82, 2.24) is 5.32 Å². The molecule has 3 N–H and O–H groups in total. The molecule has 5 nitrogen and oxygen atoms in total. The molecule has 0 fully saturated rings. The van der Waals surface area contributed by atoms with Gasteiger partial charge < -0.3 is 15.8 Å². The molecule has 2 amide bonds. The third kappa shape index (κ3) is 5.95. The van der Waals surface area contributed by atoms with Crippen LogP contribution in [0.4, 0.5) is 4.79 Å². The molecule has 0 saturated carbocycles. The Morgan fingerprint density at radius 3 is 2.38 bits per heavy atom. The summed E-state index contributed by atoms with van der Waals surface area (Å²) in [6.45, 7) is 5.47. The first-order valence-electron chi connectivity index (χ1n) is 4.10. The van der Waals surface area contributed by atoms with Crippen molar-refractivity contribution in [2.75, 3.05) is 6.61 Å². The molecule has 0 aromatic rings. The molecule has 0 aliphatic heterocycles. The van der Waals surface area contributed by atoms with E-state index < -0.39 is 11.6 Å². The summed E-state index contributed by atoms with van der Waals surface area (Å²) in [6, 6.07) is -0.644. The van der Waals surface area contributed by atoms with Gasteiger partial charge in [-0.2, -0.15) is 0 Å². The number of esters is 1. The van der Waals surface area contributed by atoms with Crippen molar-refractivity contribution in [3.05, 3.63) is 0 Å². The minimum absolute atomic E-state index is 0.115. The second-order valence-corrected chi connectivity index (χ2v) is 3.35. The van der Waals surface area contributed by atoms with Crippen molar-refractivity contribution in [3.8, 4) is 0 Å². The van der Waals surface area contributed by atoms with E-state index in [4.69, 9.17) is 10.5 Å². The van der Waals surface area contributed by atoms with Gasteiger partial charge in [-0.3, -0.25) is 4.79 Å². The van der Waals surface area contributed by atoms with Crippen LogP contribution in [0.3, 0.4) is 0 Å². The largest absolute Gasteiger partial charge is 0.466 e. The van der Waals surface area contributed by atoms with E-state index in [2.05, 4.69) is 5.32 Å². The SMILES string of the molecule is CCOC(=O)CC(C)(C)NC(N)=O. The molecule has 0 bridgehead atoms. The van der Waals surface area contributed by atoms with Crippen LogP contribution in [-0.4, -0.2) is 24.1 Å². The van der Waals surface area contributed by atoms with Gasteiger partial charge in [0.2, 0.25) is 0 Å². The van der Waals surface area contributed by atoms with Gasteiger partial charge >= 0.3 is 12.0 Å². The lowest BCUT2D eigenvalue weighted by Crippen LogP contribution is -2.47. The topological polar surface area (TPSA) is 81.4 Å². The Morgan fingerprint density at radius 2 is 2.00 bits per heavy atom. The Bertz CT molecular complexity index is 202. The second kappa shape index (κ2) is 4.69. The first-order valence-corrected chi connectivity index (χ1v) is 4.10. The molecule has 0 saturated heterocycles. The zero-order chi connectivity index (χ0) is 10.5. The Hall–Kier alpha value is -1.26. The van der Waals surface area contributed by atoms with E-state index in [-0.39, 0.29) is 12.4 Å². The number of carbonyl (C=O) groups is 2. The summed E-state index contributed by atoms with van der Waals surface area (Å²) >= 11 is 0. The van der Waals surface area contributed by atoms with Gasteiger partial charge in [0.1, 0.15) is 0 Å². The summed E-state index contributed by atoms with van der Waals surface area (Å²) in [6.07, 6.45) is 0.115. The van der Waals surface area contributed by atoms with Crippen LogP contribution in [0.25, 0.3) is 0 Å². The van der Waals surface area contributed by atoms with E-state index >= 15 is 0 Å². The molecule has 13 heavy (non-hydrogen) atoms. The number of rotatable bonds is 4. The zero-order valence-electron chi connectivity index (χ0n) is 8.22. The average Bonchev–Trinajstić information content (AvgIpc) is 1.81. The predicted molar refractivity (Wildman–Crippen MR) is 48.0 cm³/mol. The molecular weight excluding hydrogens is 172 g/mol. The lowest BCUT2D eigenvalue weighted by Gasteiger charge is -2.23. The highest BCUT2D eigenvalue weighted by molar-refractivity contribution is 5.75. The van der Waals surface area contributed by atoms with Crippen molar-refractivity contribution in [2.45, 2.75) is 32.7 Å². The summed E-state index contributed by atoms with van der Waals surface area (Å²) in [5.74, 6) is -0.346. The molecule has 0 rings (SSSR count). The second-order valence-electron chi connectivity index (χ2n) is 3.35. The van der Waals surface area contributed by atoms with Crippen LogP contribution in [0.2, 0.25) is 0 Å². The molecule has 0 aliphatic carbocycles. The standard InChI is InChI=1S/C8H16N2O3/c1-4-13-6(11)5-8(2,3)10-7(9)12/h4-5H2,1-3H3,(H3,9,10,12). The van der Waals surface area contributed by atoms with E-state index in [9.17, 15) is 9.59 Å². The highest BCUT2D eigenvalue weighted by Gasteiger charge is 2.23. The summed E-state index contributed by atoms with van der Waals surface area (Å²) in [7, 11) is 0. The molecule has 0 aromatic carbocycles. The Kier molecular flexibility index (Phi) is 4.23. The monoisotopic (exact) mass is 188 g/mol. The molecule has 0 radical (unpaired) electrons. The summed E-state index contributed by atoms with van der Waals surface area (Å²) in [5, 5.41) is 2.45. The fourth-order valence-corrected chi connectivity index (χ4v) is 0.951. The lowest BCUT2D eigenvalue weighted by molar-refractivity contribution is -0.144. The van der Waals surface area contributed by atoms with E-state index in [0.29, 0.717) is 6.61 Å². The average molecular weight is 188 g/mol. The molecule has 5 heteroatoms. The van der Waals surface area contributed by atoms with Gasteiger partial charge in [0, 0.05) is 5.54 Å². The third-order valence-corrected chi connectivity index (χ3v) is 1.35. The van der Waals surface area contributed by atoms with Crippen LogP contribution in [0.15, 0.2) is 0 Å². The number of carbonyl (C=O) groups excluding carboxylic acids is 2. The molecule has 0 spiro atoms. The quantitative estimate of drug-likeness (QED) is 0.626. The lowest BCUT2D eigenvalue weighted by atomic mass is 10.0. The summed E-state index contributed by atoms with van der Waals surface area (Å²) < 4.78 is 4.73. The minimum Gasteiger partial charge on any atom is -0.466 e. The Morgan fingerprint density at radius 1 is 1.46 bits per heavy atom. The zero-order valence-corrected chi connectivity index (χ0v) is 8.22. The first-order chi connectivity index (χ1) is 5.87. The van der Waals surface area contributed by atoms with E-state index in [1.807, 2.05) is 0 Å². The van der Waals surface area contributed by atoms with Crippen LogP contribution in [-0.2, 0) is 9.53 Å². The maximum atomic E-state index is 11.0. The van der Waals surface area contributed by atoms with Crippen LogP contribution in [0.1, 0.15) is 27.2 Å². The van der Waals surface area contributed by atoms with Crippen molar-refractivity contribution in [2.24, 2.45) is 5.73 Å². The van der Waals surface area contributed by atoms with Gasteiger partial charge in [0.15, 0.2) is 0 Å². The third-order valence-electron chi connectivity index (χ3n) is 1.35. The molecule has 76 valence electrons. The number of amides is 2. The highest BCUT2D eigenvalue weighted by Crippen LogP contribution is 2.08. The molecular formula is C8H16N2O3. The van der Waals surface area contributed by atoms with Gasteiger partial charge in [-0.1, -0.05) is 0 Å². The summed E-state index contributed by atoms with van der Waals surface area (Å²) in [5.41, 5.74) is 4.27.